The third-order valence-corrected chi connectivity index (χ3v) is 6.51. The largest absolute Gasteiger partial charge is 0.379 e. The summed E-state index contributed by atoms with van der Waals surface area (Å²) >= 11 is 0. The third-order valence-electron chi connectivity index (χ3n) is 4.78. The molecule has 0 unspecified atom stereocenters. The van der Waals surface area contributed by atoms with Crippen molar-refractivity contribution in [2.75, 3.05) is 45.6 Å². The maximum atomic E-state index is 12.6. The highest BCUT2D eigenvalue weighted by Crippen LogP contribution is 2.19. The maximum absolute atomic E-state index is 12.6. The molecule has 0 spiro atoms. The van der Waals surface area contributed by atoms with Gasteiger partial charge in [0.15, 0.2) is 9.84 Å². The Labute approximate surface area is 143 Å². The van der Waals surface area contributed by atoms with Crippen LogP contribution < -0.4 is 0 Å². The second-order valence-electron chi connectivity index (χ2n) is 6.68. The fraction of sp³-hybridized carbons (Fsp3) is 0.588. The molecule has 2 aliphatic heterocycles. The minimum absolute atomic E-state index is 0.0290. The molecule has 6 nitrogen and oxygen atoms in total. The number of hydrogen-bond donors (Lipinski definition) is 0. The van der Waals surface area contributed by atoms with E-state index in [4.69, 9.17) is 4.74 Å². The number of sulfone groups is 1. The Bertz CT molecular complexity index is 677. The predicted octanol–water partition coefficient (Wildman–Crippen LogP) is 0.639. The Morgan fingerprint density at radius 1 is 1.17 bits per heavy atom. The Kier molecular flexibility index (Phi) is 5.22. The van der Waals surface area contributed by atoms with Gasteiger partial charge in [-0.25, -0.2) is 8.42 Å². The number of likely N-dealkylation sites (N-methyl/N-ethyl adjacent to an activating group) is 1. The van der Waals surface area contributed by atoms with Crippen LogP contribution in [0.5, 0.6) is 0 Å². The number of carbonyl (C=O) groups is 1. The van der Waals surface area contributed by atoms with E-state index in [9.17, 15) is 13.2 Å². The Balaban J connectivity index is 1.63. The topological polar surface area (TPSA) is 66.9 Å². The molecule has 3 rings (SSSR count). The molecule has 0 aromatic heterocycles. The Morgan fingerprint density at radius 3 is 2.67 bits per heavy atom. The van der Waals surface area contributed by atoms with Gasteiger partial charge in [0.1, 0.15) is 0 Å². The highest BCUT2D eigenvalue weighted by molar-refractivity contribution is 7.91. The molecular formula is C17H24N2O4S. The molecule has 0 aliphatic carbocycles. The van der Waals surface area contributed by atoms with Gasteiger partial charge in [0.05, 0.1) is 29.9 Å². The van der Waals surface area contributed by atoms with E-state index in [-0.39, 0.29) is 34.9 Å². The lowest BCUT2D eigenvalue weighted by molar-refractivity contribution is -0.132. The molecule has 1 aromatic carbocycles. The van der Waals surface area contributed by atoms with Gasteiger partial charge in [0.25, 0.3) is 0 Å². The highest BCUT2D eigenvalue weighted by Gasteiger charge is 2.33. The molecule has 1 aromatic rings. The number of nitrogens with zero attached hydrogens (tertiary/aromatic N) is 2. The SMILES string of the molecule is CN1C[C@H]2COC[C@@H]1CN(C(=O)CCS(=O)(=O)c1ccccc1)C2. The van der Waals surface area contributed by atoms with Gasteiger partial charge in [-0.2, -0.15) is 0 Å². The average Bonchev–Trinajstić information content (AvgIpc) is 2.82. The molecule has 0 radical (unpaired) electrons. The number of carbonyl (C=O) groups excluding carboxylic acids is 1. The zero-order valence-electron chi connectivity index (χ0n) is 13.9. The molecular weight excluding hydrogens is 328 g/mol. The number of hydrogen-bond acceptors (Lipinski definition) is 5. The van der Waals surface area contributed by atoms with Gasteiger partial charge in [-0.1, -0.05) is 18.2 Å². The summed E-state index contributed by atoms with van der Waals surface area (Å²) in [5, 5.41) is 0. The molecule has 132 valence electrons. The van der Waals surface area contributed by atoms with E-state index >= 15 is 0 Å². The van der Waals surface area contributed by atoms with Crippen LogP contribution in [0.3, 0.4) is 0 Å². The quantitative estimate of drug-likeness (QED) is 0.796. The molecule has 1 amide bonds. The van der Waals surface area contributed by atoms with Crippen LogP contribution in [0.1, 0.15) is 6.42 Å². The summed E-state index contributed by atoms with van der Waals surface area (Å²) in [5.41, 5.74) is 0. The van der Waals surface area contributed by atoms with Crippen LogP contribution in [0.2, 0.25) is 0 Å². The minimum atomic E-state index is -3.42. The summed E-state index contributed by atoms with van der Waals surface area (Å²) in [6.07, 6.45) is 0.0290. The fourth-order valence-corrected chi connectivity index (χ4v) is 4.63. The van der Waals surface area contributed by atoms with Crippen LogP contribution in [0, 0.1) is 5.92 Å². The van der Waals surface area contributed by atoms with E-state index in [2.05, 4.69) is 11.9 Å². The van der Waals surface area contributed by atoms with E-state index in [0.29, 0.717) is 26.3 Å². The van der Waals surface area contributed by atoms with Gasteiger partial charge in [-0.15, -0.1) is 0 Å². The lowest BCUT2D eigenvalue weighted by Crippen LogP contribution is -2.45. The fourth-order valence-electron chi connectivity index (χ4n) is 3.38. The molecule has 2 saturated heterocycles. The number of rotatable bonds is 4. The van der Waals surface area contributed by atoms with Gasteiger partial charge in [0.2, 0.25) is 5.91 Å². The summed E-state index contributed by atoms with van der Waals surface area (Å²) in [5.74, 6) is 0.0625. The number of ether oxygens (including phenoxy) is 1. The van der Waals surface area contributed by atoms with Gasteiger partial charge in [-0.05, 0) is 19.2 Å². The van der Waals surface area contributed by atoms with Crippen molar-refractivity contribution < 1.29 is 17.9 Å². The summed E-state index contributed by atoms with van der Waals surface area (Å²) < 4.78 is 30.3. The molecule has 0 saturated carbocycles. The summed E-state index contributed by atoms with van der Waals surface area (Å²) in [4.78, 5) is 16.9. The summed E-state index contributed by atoms with van der Waals surface area (Å²) in [7, 11) is -1.36. The number of amides is 1. The van der Waals surface area contributed by atoms with Crippen molar-refractivity contribution in [3.63, 3.8) is 0 Å². The first-order chi connectivity index (χ1) is 11.5. The molecule has 7 heteroatoms. The molecule has 2 heterocycles. The van der Waals surface area contributed by atoms with E-state index in [1.807, 2.05) is 4.90 Å². The minimum Gasteiger partial charge on any atom is -0.379 e. The van der Waals surface area contributed by atoms with Crippen LogP contribution in [0.15, 0.2) is 35.2 Å². The number of fused-ring (bicyclic) bond motifs is 3. The lowest BCUT2D eigenvalue weighted by Gasteiger charge is -2.29. The Morgan fingerprint density at radius 2 is 1.92 bits per heavy atom. The van der Waals surface area contributed by atoms with Crippen molar-refractivity contribution in [2.45, 2.75) is 17.4 Å². The third kappa shape index (κ3) is 3.96. The molecule has 2 aliphatic rings. The van der Waals surface area contributed by atoms with Crippen LogP contribution >= 0.6 is 0 Å². The van der Waals surface area contributed by atoms with Crippen molar-refractivity contribution in [3.05, 3.63) is 30.3 Å². The van der Waals surface area contributed by atoms with Crippen LogP contribution in [-0.4, -0.2) is 75.8 Å². The first kappa shape index (κ1) is 17.4. The predicted molar refractivity (Wildman–Crippen MR) is 90.4 cm³/mol. The summed E-state index contributed by atoms with van der Waals surface area (Å²) in [6, 6.07) is 8.50. The van der Waals surface area contributed by atoms with Gasteiger partial charge in [-0.3, -0.25) is 9.69 Å². The van der Waals surface area contributed by atoms with E-state index in [1.165, 1.54) is 0 Å². The molecule has 2 atom stereocenters. The van der Waals surface area contributed by atoms with Crippen molar-refractivity contribution in [1.82, 2.24) is 9.80 Å². The molecule has 2 bridgehead atoms. The van der Waals surface area contributed by atoms with Crippen LogP contribution in [-0.2, 0) is 19.4 Å². The zero-order valence-corrected chi connectivity index (χ0v) is 14.7. The zero-order chi connectivity index (χ0) is 17.2. The highest BCUT2D eigenvalue weighted by atomic mass is 32.2. The first-order valence-corrected chi connectivity index (χ1v) is 9.94. The number of benzene rings is 1. The first-order valence-electron chi connectivity index (χ1n) is 8.29. The maximum Gasteiger partial charge on any atom is 0.223 e. The Hall–Kier alpha value is -1.44. The van der Waals surface area contributed by atoms with Gasteiger partial charge < -0.3 is 9.64 Å². The van der Waals surface area contributed by atoms with E-state index in [0.717, 1.165) is 6.54 Å². The smallest absolute Gasteiger partial charge is 0.223 e. The average molecular weight is 352 g/mol. The summed E-state index contributed by atoms with van der Waals surface area (Å²) in [6.45, 7) is 3.45. The monoisotopic (exact) mass is 352 g/mol. The molecule has 2 fully saturated rings. The molecule has 0 N–H and O–H groups in total. The van der Waals surface area contributed by atoms with Crippen LogP contribution in [0.25, 0.3) is 0 Å². The van der Waals surface area contributed by atoms with E-state index in [1.54, 1.807) is 30.3 Å². The van der Waals surface area contributed by atoms with E-state index < -0.39 is 9.84 Å². The van der Waals surface area contributed by atoms with Gasteiger partial charge >= 0.3 is 0 Å². The van der Waals surface area contributed by atoms with Crippen molar-refractivity contribution >= 4 is 15.7 Å². The van der Waals surface area contributed by atoms with Gasteiger partial charge in [0, 0.05) is 32.0 Å². The lowest BCUT2D eigenvalue weighted by atomic mass is 10.1. The standard InChI is InChI=1S/C17H24N2O4S/c1-18-9-14-10-19(11-15(18)13-23-12-14)17(20)7-8-24(21,22)16-5-3-2-4-6-16/h2-6,14-15H,7-13H2,1H3/t14-,15+/m1/s1. The van der Waals surface area contributed by atoms with Crippen molar-refractivity contribution in [2.24, 2.45) is 5.92 Å². The second-order valence-corrected chi connectivity index (χ2v) is 8.79. The molecule has 24 heavy (non-hydrogen) atoms. The van der Waals surface area contributed by atoms with Crippen molar-refractivity contribution in [1.29, 1.82) is 0 Å². The van der Waals surface area contributed by atoms with Crippen molar-refractivity contribution in [3.8, 4) is 0 Å². The normalized spacial score (nSPS) is 25.3. The van der Waals surface area contributed by atoms with Crippen LogP contribution in [0.4, 0.5) is 0 Å². The second kappa shape index (κ2) is 7.21.